The molecular weight excluding hydrogens is 257 g/mol. The Morgan fingerprint density at radius 2 is 1.95 bits per heavy atom. The minimum Gasteiger partial charge on any atom is -0.321 e. The fourth-order valence-corrected chi connectivity index (χ4v) is 2.09. The average molecular weight is 272 g/mol. The third kappa shape index (κ3) is 3.47. The van der Waals surface area contributed by atoms with Crippen molar-refractivity contribution in [1.29, 1.82) is 0 Å². The van der Waals surface area contributed by atoms with Crippen LogP contribution in [0.4, 0.5) is 13.2 Å². The Balaban J connectivity index is 2.11. The second-order valence-corrected chi connectivity index (χ2v) is 4.65. The highest BCUT2D eigenvalue weighted by Gasteiger charge is 2.35. The van der Waals surface area contributed by atoms with Crippen LogP contribution >= 0.6 is 0 Å². The third-order valence-corrected chi connectivity index (χ3v) is 3.11. The standard InChI is InChI=1S/C13H15F3N2O/c1-9-2-4-10(5-3-9)12-17-8-11(19)18(12)7-6-13(14,15)16/h2-5,12,17H,6-8H2,1H3. The maximum atomic E-state index is 12.3. The van der Waals surface area contributed by atoms with E-state index in [1.54, 1.807) is 0 Å². The maximum absolute atomic E-state index is 12.3. The summed E-state index contributed by atoms with van der Waals surface area (Å²) in [6.45, 7) is 1.70. The van der Waals surface area contributed by atoms with Crippen LogP contribution in [-0.2, 0) is 4.79 Å². The highest BCUT2D eigenvalue weighted by Crippen LogP contribution is 2.26. The summed E-state index contributed by atoms with van der Waals surface area (Å²) < 4.78 is 36.8. The first-order valence-electron chi connectivity index (χ1n) is 6.03. The number of hydrogen-bond donors (Lipinski definition) is 1. The van der Waals surface area contributed by atoms with Crippen molar-refractivity contribution in [3.63, 3.8) is 0 Å². The first kappa shape index (κ1) is 13.9. The molecule has 1 aliphatic rings. The van der Waals surface area contributed by atoms with Gasteiger partial charge in [0, 0.05) is 6.54 Å². The number of benzene rings is 1. The van der Waals surface area contributed by atoms with Gasteiger partial charge in [0.25, 0.3) is 0 Å². The van der Waals surface area contributed by atoms with Crippen molar-refractivity contribution >= 4 is 5.91 Å². The lowest BCUT2D eigenvalue weighted by atomic mass is 10.1. The van der Waals surface area contributed by atoms with Gasteiger partial charge < -0.3 is 4.90 Å². The van der Waals surface area contributed by atoms with Gasteiger partial charge in [-0.2, -0.15) is 13.2 Å². The fourth-order valence-electron chi connectivity index (χ4n) is 2.09. The summed E-state index contributed by atoms with van der Waals surface area (Å²) in [4.78, 5) is 12.9. The third-order valence-electron chi connectivity index (χ3n) is 3.11. The predicted molar refractivity (Wildman–Crippen MR) is 64.3 cm³/mol. The minimum atomic E-state index is -4.25. The van der Waals surface area contributed by atoms with Crippen LogP contribution in [0.2, 0.25) is 0 Å². The number of carbonyl (C=O) groups excluding carboxylic acids is 1. The summed E-state index contributed by atoms with van der Waals surface area (Å²) in [6.07, 6.45) is -5.70. The molecule has 1 fully saturated rings. The summed E-state index contributed by atoms with van der Waals surface area (Å²) in [5, 5.41) is 2.94. The molecule has 1 saturated heterocycles. The largest absolute Gasteiger partial charge is 0.390 e. The lowest BCUT2D eigenvalue weighted by Crippen LogP contribution is -2.33. The van der Waals surface area contributed by atoms with Crippen LogP contribution in [0.25, 0.3) is 0 Å². The molecule has 1 aromatic rings. The van der Waals surface area contributed by atoms with Crippen molar-refractivity contribution in [3.8, 4) is 0 Å². The number of aryl methyl sites for hydroxylation is 1. The van der Waals surface area contributed by atoms with Crippen molar-refractivity contribution in [3.05, 3.63) is 35.4 Å². The van der Waals surface area contributed by atoms with Gasteiger partial charge in [-0.05, 0) is 12.5 Å². The summed E-state index contributed by atoms with van der Waals surface area (Å²) in [7, 11) is 0. The zero-order valence-electron chi connectivity index (χ0n) is 10.5. The van der Waals surface area contributed by atoms with Crippen LogP contribution in [0.3, 0.4) is 0 Å². The predicted octanol–water partition coefficient (Wildman–Crippen LogP) is 2.38. The first-order valence-corrected chi connectivity index (χ1v) is 6.03. The Morgan fingerprint density at radius 1 is 1.32 bits per heavy atom. The van der Waals surface area contributed by atoms with Crippen molar-refractivity contribution in [1.82, 2.24) is 10.2 Å². The molecule has 0 radical (unpaired) electrons. The van der Waals surface area contributed by atoms with Crippen LogP contribution in [0, 0.1) is 6.92 Å². The monoisotopic (exact) mass is 272 g/mol. The fraction of sp³-hybridized carbons (Fsp3) is 0.462. The molecule has 3 nitrogen and oxygen atoms in total. The molecule has 0 aromatic heterocycles. The number of halogens is 3. The molecule has 2 rings (SSSR count). The van der Waals surface area contributed by atoms with Crippen molar-refractivity contribution in [2.45, 2.75) is 25.7 Å². The van der Waals surface area contributed by atoms with Gasteiger partial charge in [0.15, 0.2) is 0 Å². The molecule has 104 valence electrons. The molecule has 1 aliphatic heterocycles. The highest BCUT2D eigenvalue weighted by molar-refractivity contribution is 5.80. The van der Waals surface area contributed by atoms with Crippen molar-refractivity contribution < 1.29 is 18.0 Å². The van der Waals surface area contributed by atoms with E-state index >= 15 is 0 Å². The van der Waals surface area contributed by atoms with E-state index in [4.69, 9.17) is 0 Å². The minimum absolute atomic E-state index is 0.0798. The Morgan fingerprint density at radius 3 is 2.53 bits per heavy atom. The van der Waals surface area contributed by atoms with E-state index in [1.165, 1.54) is 4.90 Å². The van der Waals surface area contributed by atoms with Gasteiger partial charge in [-0.15, -0.1) is 0 Å². The van der Waals surface area contributed by atoms with Gasteiger partial charge in [-0.3, -0.25) is 10.1 Å². The molecule has 1 aromatic carbocycles. The zero-order chi connectivity index (χ0) is 14.0. The van der Waals surface area contributed by atoms with Gasteiger partial charge >= 0.3 is 6.18 Å². The first-order chi connectivity index (χ1) is 8.87. The van der Waals surface area contributed by atoms with E-state index in [1.807, 2.05) is 31.2 Å². The number of hydrogen-bond acceptors (Lipinski definition) is 2. The molecule has 1 heterocycles. The molecule has 19 heavy (non-hydrogen) atoms. The van der Waals surface area contributed by atoms with Crippen LogP contribution in [0.1, 0.15) is 23.7 Å². The lowest BCUT2D eigenvalue weighted by Gasteiger charge is -2.25. The second-order valence-electron chi connectivity index (χ2n) is 4.65. The number of nitrogens with one attached hydrogen (secondary N) is 1. The molecule has 0 bridgehead atoms. The second kappa shape index (κ2) is 5.21. The van der Waals surface area contributed by atoms with E-state index in [-0.39, 0.29) is 19.0 Å². The Labute approximate surface area is 109 Å². The topological polar surface area (TPSA) is 32.3 Å². The average Bonchev–Trinajstić information content (AvgIpc) is 2.68. The molecule has 0 spiro atoms. The van der Waals surface area contributed by atoms with E-state index in [9.17, 15) is 18.0 Å². The van der Waals surface area contributed by atoms with Crippen LogP contribution in [0.15, 0.2) is 24.3 Å². The van der Waals surface area contributed by atoms with E-state index in [2.05, 4.69) is 5.32 Å². The molecule has 1 N–H and O–H groups in total. The molecular formula is C13H15F3N2O. The molecule has 1 atom stereocenters. The van der Waals surface area contributed by atoms with Gasteiger partial charge in [-0.25, -0.2) is 0 Å². The number of rotatable bonds is 3. The van der Waals surface area contributed by atoms with Crippen LogP contribution in [0.5, 0.6) is 0 Å². The summed E-state index contributed by atoms with van der Waals surface area (Å²) >= 11 is 0. The summed E-state index contributed by atoms with van der Waals surface area (Å²) in [5.74, 6) is -0.296. The quantitative estimate of drug-likeness (QED) is 0.916. The lowest BCUT2D eigenvalue weighted by molar-refractivity contribution is -0.144. The summed E-state index contributed by atoms with van der Waals surface area (Å²) in [5.41, 5.74) is 1.87. The number of nitrogens with zero attached hydrogens (tertiary/aromatic N) is 1. The smallest absolute Gasteiger partial charge is 0.321 e. The molecule has 6 heteroatoms. The van der Waals surface area contributed by atoms with E-state index < -0.39 is 18.8 Å². The van der Waals surface area contributed by atoms with Crippen LogP contribution < -0.4 is 5.32 Å². The van der Waals surface area contributed by atoms with Gasteiger partial charge in [-0.1, -0.05) is 29.8 Å². The SMILES string of the molecule is Cc1ccc(C2NCC(=O)N2CCC(F)(F)F)cc1. The van der Waals surface area contributed by atoms with Crippen molar-refractivity contribution in [2.24, 2.45) is 0 Å². The van der Waals surface area contributed by atoms with Gasteiger partial charge in [0.2, 0.25) is 5.91 Å². The van der Waals surface area contributed by atoms with E-state index in [0.717, 1.165) is 11.1 Å². The Hall–Kier alpha value is -1.56. The number of alkyl halides is 3. The molecule has 1 amide bonds. The van der Waals surface area contributed by atoms with Crippen LogP contribution in [-0.4, -0.2) is 30.1 Å². The number of carbonyl (C=O) groups is 1. The Bertz CT molecular complexity index is 456. The van der Waals surface area contributed by atoms with Gasteiger partial charge in [0.1, 0.15) is 6.17 Å². The summed E-state index contributed by atoms with van der Waals surface area (Å²) in [6, 6.07) is 7.40. The molecule has 0 saturated carbocycles. The maximum Gasteiger partial charge on any atom is 0.390 e. The van der Waals surface area contributed by atoms with E-state index in [0.29, 0.717) is 0 Å². The highest BCUT2D eigenvalue weighted by atomic mass is 19.4. The zero-order valence-corrected chi connectivity index (χ0v) is 10.5. The molecule has 0 aliphatic carbocycles. The van der Waals surface area contributed by atoms with Gasteiger partial charge in [0.05, 0.1) is 13.0 Å². The normalized spacial score (nSPS) is 20.1. The Kier molecular flexibility index (Phi) is 3.80. The number of amides is 1. The van der Waals surface area contributed by atoms with Crippen molar-refractivity contribution in [2.75, 3.05) is 13.1 Å². The molecule has 1 unspecified atom stereocenters.